The van der Waals surface area contributed by atoms with Crippen LogP contribution in [-0.4, -0.2) is 31.3 Å². The molecular weight excluding hydrogens is 234 g/mol. The first-order valence-corrected chi connectivity index (χ1v) is 5.61. The molecule has 18 heavy (non-hydrogen) atoms. The zero-order chi connectivity index (χ0) is 13.9. The highest BCUT2D eigenvalue weighted by atomic mass is 16.5. The number of carbonyl (C=O) groups is 1. The summed E-state index contributed by atoms with van der Waals surface area (Å²) < 4.78 is 10.6. The van der Waals surface area contributed by atoms with Crippen LogP contribution in [0.15, 0.2) is 6.07 Å². The Balaban J connectivity index is 3.22. The van der Waals surface area contributed by atoms with Crippen molar-refractivity contribution < 1.29 is 19.4 Å². The molecule has 1 unspecified atom stereocenters. The molecule has 100 valence electrons. The largest absolute Gasteiger partial charge is 0.493 e. The van der Waals surface area contributed by atoms with Gasteiger partial charge in [0.05, 0.1) is 14.2 Å². The first-order chi connectivity index (χ1) is 8.42. The third kappa shape index (κ3) is 2.73. The van der Waals surface area contributed by atoms with Crippen LogP contribution >= 0.6 is 0 Å². The van der Waals surface area contributed by atoms with Crippen molar-refractivity contribution in [1.82, 2.24) is 0 Å². The van der Waals surface area contributed by atoms with Crippen LogP contribution in [0.3, 0.4) is 0 Å². The first kappa shape index (κ1) is 14.3. The predicted octanol–water partition coefficient (Wildman–Crippen LogP) is 1.28. The van der Waals surface area contributed by atoms with Crippen molar-refractivity contribution in [2.45, 2.75) is 26.3 Å². The average Bonchev–Trinajstić information content (AvgIpc) is 2.32. The van der Waals surface area contributed by atoms with E-state index in [1.807, 2.05) is 19.9 Å². The Morgan fingerprint density at radius 1 is 1.33 bits per heavy atom. The molecule has 5 heteroatoms. The average molecular weight is 253 g/mol. The third-order valence-electron chi connectivity index (χ3n) is 2.94. The molecule has 0 amide bonds. The lowest BCUT2D eigenvalue weighted by Gasteiger charge is -2.17. The van der Waals surface area contributed by atoms with Crippen molar-refractivity contribution in [1.29, 1.82) is 0 Å². The third-order valence-corrected chi connectivity index (χ3v) is 2.94. The van der Waals surface area contributed by atoms with Gasteiger partial charge in [0.1, 0.15) is 6.04 Å². The molecule has 0 aliphatic carbocycles. The second kappa shape index (κ2) is 5.73. The molecule has 0 saturated heterocycles. The van der Waals surface area contributed by atoms with E-state index in [9.17, 15) is 4.79 Å². The maximum Gasteiger partial charge on any atom is 0.320 e. The summed E-state index contributed by atoms with van der Waals surface area (Å²) in [6.07, 6.45) is 0.266. The standard InChI is InChI=1S/C13H19NO4/c1-7-5-9(6-10(14)13(15)16)8(2)12(18-4)11(7)17-3/h5,10H,6,14H2,1-4H3,(H,15,16). The fraction of sp³-hybridized carbons (Fsp3) is 0.462. The Hall–Kier alpha value is -1.75. The molecule has 1 aromatic carbocycles. The van der Waals surface area contributed by atoms with Gasteiger partial charge in [0, 0.05) is 0 Å². The van der Waals surface area contributed by atoms with Crippen molar-refractivity contribution in [3.63, 3.8) is 0 Å². The van der Waals surface area contributed by atoms with E-state index < -0.39 is 12.0 Å². The van der Waals surface area contributed by atoms with Crippen LogP contribution in [0.25, 0.3) is 0 Å². The van der Waals surface area contributed by atoms with Crippen LogP contribution in [0, 0.1) is 13.8 Å². The normalized spacial score (nSPS) is 12.1. The smallest absolute Gasteiger partial charge is 0.320 e. The van der Waals surface area contributed by atoms with E-state index in [1.54, 1.807) is 14.2 Å². The molecule has 0 saturated carbocycles. The van der Waals surface area contributed by atoms with Gasteiger partial charge in [-0.2, -0.15) is 0 Å². The number of nitrogens with two attached hydrogens (primary N) is 1. The second-order valence-electron chi connectivity index (χ2n) is 4.19. The Kier molecular flexibility index (Phi) is 4.55. The van der Waals surface area contributed by atoms with Crippen LogP contribution in [0.4, 0.5) is 0 Å². The van der Waals surface area contributed by atoms with Crippen LogP contribution in [-0.2, 0) is 11.2 Å². The maximum absolute atomic E-state index is 10.8. The number of methoxy groups -OCH3 is 2. The maximum atomic E-state index is 10.8. The number of carboxylic acids is 1. The van der Waals surface area contributed by atoms with Gasteiger partial charge in [-0.1, -0.05) is 6.07 Å². The number of rotatable bonds is 5. The second-order valence-corrected chi connectivity index (χ2v) is 4.19. The zero-order valence-corrected chi connectivity index (χ0v) is 11.1. The molecule has 1 aromatic rings. The minimum absolute atomic E-state index is 0.266. The monoisotopic (exact) mass is 253 g/mol. The summed E-state index contributed by atoms with van der Waals surface area (Å²) in [4.78, 5) is 10.8. The van der Waals surface area contributed by atoms with Gasteiger partial charge in [0.25, 0.3) is 0 Å². The van der Waals surface area contributed by atoms with Gasteiger partial charge in [-0.3, -0.25) is 4.79 Å². The molecule has 0 heterocycles. The van der Waals surface area contributed by atoms with Gasteiger partial charge < -0.3 is 20.3 Å². The number of aliphatic carboxylic acids is 1. The summed E-state index contributed by atoms with van der Waals surface area (Å²) in [5.41, 5.74) is 8.17. The van der Waals surface area contributed by atoms with Crippen molar-refractivity contribution in [2.24, 2.45) is 5.73 Å². The summed E-state index contributed by atoms with van der Waals surface area (Å²) in [6.45, 7) is 3.75. The molecule has 0 fully saturated rings. The van der Waals surface area contributed by atoms with E-state index >= 15 is 0 Å². The van der Waals surface area contributed by atoms with Gasteiger partial charge >= 0.3 is 5.97 Å². The summed E-state index contributed by atoms with van der Waals surface area (Å²) in [5, 5.41) is 8.85. The summed E-state index contributed by atoms with van der Waals surface area (Å²) in [5.74, 6) is 0.287. The van der Waals surface area contributed by atoms with Crippen molar-refractivity contribution in [3.05, 3.63) is 22.8 Å². The Bertz CT molecular complexity index is 457. The van der Waals surface area contributed by atoms with E-state index in [0.29, 0.717) is 11.5 Å². The number of carboxylic acid groups (broad SMARTS) is 1. The minimum atomic E-state index is -1.01. The van der Waals surface area contributed by atoms with Crippen LogP contribution in [0.5, 0.6) is 11.5 Å². The molecule has 0 aliphatic rings. The number of hydrogen-bond acceptors (Lipinski definition) is 4. The topological polar surface area (TPSA) is 81.8 Å². The van der Waals surface area contributed by atoms with Crippen LogP contribution in [0.2, 0.25) is 0 Å². The summed E-state index contributed by atoms with van der Waals surface area (Å²) in [6, 6.07) is 0.973. The molecule has 3 N–H and O–H groups in total. The first-order valence-electron chi connectivity index (χ1n) is 5.61. The molecular formula is C13H19NO4. The lowest BCUT2D eigenvalue weighted by Crippen LogP contribution is -2.32. The minimum Gasteiger partial charge on any atom is -0.493 e. The SMILES string of the molecule is COc1c(C)cc(CC(N)C(=O)O)c(C)c1OC. The fourth-order valence-electron chi connectivity index (χ4n) is 1.97. The number of hydrogen-bond donors (Lipinski definition) is 2. The van der Waals surface area contributed by atoms with Gasteiger partial charge in [0.15, 0.2) is 11.5 Å². The van der Waals surface area contributed by atoms with Gasteiger partial charge in [-0.25, -0.2) is 0 Å². The lowest BCUT2D eigenvalue weighted by atomic mass is 9.97. The van der Waals surface area contributed by atoms with Gasteiger partial charge in [-0.15, -0.1) is 0 Å². The Morgan fingerprint density at radius 2 is 1.89 bits per heavy atom. The molecule has 1 atom stereocenters. The molecule has 0 aliphatic heterocycles. The van der Waals surface area contributed by atoms with Gasteiger partial charge in [-0.05, 0) is 37.0 Å². The summed E-state index contributed by atoms with van der Waals surface area (Å²) in [7, 11) is 3.14. The van der Waals surface area contributed by atoms with Crippen LogP contribution in [0.1, 0.15) is 16.7 Å². The van der Waals surface area contributed by atoms with E-state index in [-0.39, 0.29) is 6.42 Å². The van der Waals surface area contributed by atoms with Gasteiger partial charge in [0.2, 0.25) is 0 Å². The van der Waals surface area contributed by atoms with Crippen molar-refractivity contribution in [3.8, 4) is 11.5 Å². The zero-order valence-electron chi connectivity index (χ0n) is 11.1. The predicted molar refractivity (Wildman–Crippen MR) is 68.3 cm³/mol. The highest BCUT2D eigenvalue weighted by Gasteiger charge is 2.19. The fourth-order valence-corrected chi connectivity index (χ4v) is 1.97. The number of benzene rings is 1. The highest BCUT2D eigenvalue weighted by molar-refractivity contribution is 5.73. The quantitative estimate of drug-likeness (QED) is 0.826. The van der Waals surface area contributed by atoms with E-state index in [1.165, 1.54) is 0 Å². The van der Waals surface area contributed by atoms with Crippen LogP contribution < -0.4 is 15.2 Å². The lowest BCUT2D eigenvalue weighted by molar-refractivity contribution is -0.138. The molecule has 0 radical (unpaired) electrons. The van der Waals surface area contributed by atoms with Crippen molar-refractivity contribution >= 4 is 5.97 Å². The molecule has 0 spiro atoms. The molecule has 0 aromatic heterocycles. The van der Waals surface area contributed by atoms with E-state index in [4.69, 9.17) is 20.3 Å². The Labute approximate surface area is 107 Å². The van der Waals surface area contributed by atoms with Crippen molar-refractivity contribution in [2.75, 3.05) is 14.2 Å². The highest BCUT2D eigenvalue weighted by Crippen LogP contribution is 2.36. The molecule has 5 nitrogen and oxygen atoms in total. The molecule has 0 bridgehead atoms. The number of ether oxygens (including phenoxy) is 2. The molecule has 1 rings (SSSR count). The number of aryl methyl sites for hydroxylation is 1. The Morgan fingerprint density at radius 3 is 2.33 bits per heavy atom. The van der Waals surface area contributed by atoms with E-state index in [2.05, 4.69) is 0 Å². The van der Waals surface area contributed by atoms with E-state index in [0.717, 1.165) is 16.7 Å². The summed E-state index contributed by atoms with van der Waals surface area (Å²) >= 11 is 0.